The van der Waals surface area contributed by atoms with Crippen molar-refractivity contribution >= 4 is 11.6 Å². The first kappa shape index (κ1) is 14.3. The maximum Gasteiger partial charge on any atom is 0.228 e. The lowest BCUT2D eigenvalue weighted by atomic mass is 10.0. The second-order valence-corrected chi connectivity index (χ2v) is 5.38. The number of aryl methyl sites for hydroxylation is 2. The Morgan fingerprint density at radius 1 is 1.30 bits per heavy atom. The highest BCUT2D eigenvalue weighted by Crippen LogP contribution is 2.24. The smallest absolute Gasteiger partial charge is 0.228 e. The zero-order valence-corrected chi connectivity index (χ0v) is 12.4. The molecule has 0 bridgehead atoms. The van der Waals surface area contributed by atoms with E-state index in [0.717, 1.165) is 28.2 Å². The molecule has 0 unspecified atom stereocenters. The molecule has 4 nitrogen and oxygen atoms in total. The van der Waals surface area contributed by atoms with E-state index in [1.165, 1.54) is 0 Å². The molecule has 2 N–H and O–H groups in total. The van der Waals surface area contributed by atoms with Crippen LogP contribution >= 0.6 is 0 Å². The monoisotopic (exact) mass is 271 g/mol. The number of para-hydroxylation sites is 1. The third-order valence-electron chi connectivity index (χ3n) is 3.47. The summed E-state index contributed by atoms with van der Waals surface area (Å²) in [4.78, 5) is 12.2. The van der Waals surface area contributed by atoms with E-state index in [2.05, 4.69) is 35.4 Å². The molecule has 0 fully saturated rings. The second-order valence-electron chi connectivity index (χ2n) is 5.38. The maximum atomic E-state index is 12.2. The normalized spacial score (nSPS) is 10.8. The number of carbonyl (C=O) groups is 1. The van der Waals surface area contributed by atoms with Gasteiger partial charge in [0.2, 0.25) is 5.91 Å². The van der Waals surface area contributed by atoms with Gasteiger partial charge in [-0.05, 0) is 31.4 Å². The van der Waals surface area contributed by atoms with E-state index in [4.69, 9.17) is 0 Å². The number of aromatic amines is 1. The van der Waals surface area contributed by atoms with Crippen molar-refractivity contribution in [1.82, 2.24) is 10.2 Å². The lowest BCUT2D eigenvalue weighted by molar-refractivity contribution is -0.115. The number of nitrogens with one attached hydrogen (secondary N) is 2. The van der Waals surface area contributed by atoms with Gasteiger partial charge in [-0.3, -0.25) is 9.89 Å². The zero-order chi connectivity index (χ0) is 14.7. The van der Waals surface area contributed by atoms with Crippen LogP contribution in [0.25, 0.3) is 0 Å². The molecule has 106 valence electrons. The summed E-state index contributed by atoms with van der Waals surface area (Å²) in [5, 5.41) is 10.0. The van der Waals surface area contributed by atoms with Gasteiger partial charge in [-0.1, -0.05) is 32.0 Å². The SMILES string of the molecule is Cc1n[nH]c(C)c1CC(=O)Nc1ccccc1C(C)C. The molecule has 0 saturated heterocycles. The second kappa shape index (κ2) is 5.90. The van der Waals surface area contributed by atoms with Crippen molar-refractivity contribution in [3.05, 3.63) is 46.8 Å². The quantitative estimate of drug-likeness (QED) is 0.896. The standard InChI is InChI=1S/C16H21N3O/c1-10(2)13-7-5-6-8-15(13)17-16(20)9-14-11(3)18-19-12(14)4/h5-8,10H,9H2,1-4H3,(H,17,20)(H,18,19). The molecule has 20 heavy (non-hydrogen) atoms. The number of nitrogens with zero attached hydrogens (tertiary/aromatic N) is 1. The van der Waals surface area contributed by atoms with Gasteiger partial charge in [0, 0.05) is 16.9 Å². The first-order valence-corrected chi connectivity index (χ1v) is 6.88. The minimum absolute atomic E-state index is 0.00861. The molecule has 0 aliphatic carbocycles. The lowest BCUT2D eigenvalue weighted by Crippen LogP contribution is -2.16. The van der Waals surface area contributed by atoms with Crippen LogP contribution in [0.4, 0.5) is 5.69 Å². The van der Waals surface area contributed by atoms with E-state index in [1.54, 1.807) is 0 Å². The summed E-state index contributed by atoms with van der Waals surface area (Å²) in [6.45, 7) is 8.09. The fourth-order valence-corrected chi connectivity index (χ4v) is 2.30. The molecule has 0 spiro atoms. The van der Waals surface area contributed by atoms with Crippen LogP contribution in [0.5, 0.6) is 0 Å². The highest BCUT2D eigenvalue weighted by molar-refractivity contribution is 5.93. The number of hydrogen-bond acceptors (Lipinski definition) is 2. The fraction of sp³-hybridized carbons (Fsp3) is 0.375. The molecule has 1 aromatic carbocycles. The van der Waals surface area contributed by atoms with E-state index in [9.17, 15) is 4.79 Å². The minimum Gasteiger partial charge on any atom is -0.326 e. The van der Waals surface area contributed by atoms with Gasteiger partial charge in [0.1, 0.15) is 0 Å². The van der Waals surface area contributed by atoms with Crippen molar-refractivity contribution < 1.29 is 4.79 Å². The van der Waals surface area contributed by atoms with Gasteiger partial charge in [-0.15, -0.1) is 0 Å². The summed E-state index contributed by atoms with van der Waals surface area (Å²) in [7, 11) is 0. The Kier molecular flexibility index (Phi) is 4.23. The summed E-state index contributed by atoms with van der Waals surface area (Å²) >= 11 is 0. The summed E-state index contributed by atoms with van der Waals surface area (Å²) in [5.41, 5.74) is 4.86. The van der Waals surface area contributed by atoms with Crippen LogP contribution in [-0.2, 0) is 11.2 Å². The number of amides is 1. The number of carbonyl (C=O) groups excluding carboxylic acids is 1. The molecule has 0 radical (unpaired) electrons. The molecule has 2 rings (SSSR count). The molecule has 2 aromatic rings. The van der Waals surface area contributed by atoms with Crippen LogP contribution in [0.1, 0.15) is 42.3 Å². The zero-order valence-electron chi connectivity index (χ0n) is 12.4. The topological polar surface area (TPSA) is 57.8 Å². The summed E-state index contributed by atoms with van der Waals surface area (Å²) in [5.74, 6) is 0.370. The Hall–Kier alpha value is -2.10. The summed E-state index contributed by atoms with van der Waals surface area (Å²) < 4.78 is 0. The van der Waals surface area contributed by atoms with Crippen molar-refractivity contribution in [2.24, 2.45) is 0 Å². The largest absolute Gasteiger partial charge is 0.326 e. The molecule has 0 aliphatic heterocycles. The Morgan fingerprint density at radius 2 is 2.00 bits per heavy atom. The third-order valence-corrected chi connectivity index (χ3v) is 3.47. The minimum atomic E-state index is -0.00861. The Bertz CT molecular complexity index is 594. The number of benzene rings is 1. The lowest BCUT2D eigenvalue weighted by Gasteiger charge is -2.13. The van der Waals surface area contributed by atoms with Crippen molar-refractivity contribution in [1.29, 1.82) is 0 Å². The van der Waals surface area contributed by atoms with Gasteiger partial charge in [0.15, 0.2) is 0 Å². The molecule has 0 saturated carbocycles. The van der Waals surface area contributed by atoms with E-state index in [0.29, 0.717) is 12.3 Å². The molecule has 1 amide bonds. The number of aromatic nitrogens is 2. The number of H-pyrrole nitrogens is 1. The summed E-state index contributed by atoms with van der Waals surface area (Å²) in [6, 6.07) is 7.93. The summed E-state index contributed by atoms with van der Waals surface area (Å²) in [6.07, 6.45) is 0.348. The molecule has 1 heterocycles. The predicted molar refractivity (Wildman–Crippen MR) is 80.9 cm³/mol. The number of hydrogen-bond donors (Lipinski definition) is 2. The van der Waals surface area contributed by atoms with Gasteiger partial charge in [0.05, 0.1) is 12.1 Å². The van der Waals surface area contributed by atoms with Crippen molar-refractivity contribution in [2.45, 2.75) is 40.0 Å². The fourth-order valence-electron chi connectivity index (χ4n) is 2.30. The molecular formula is C16H21N3O. The molecular weight excluding hydrogens is 250 g/mol. The van der Waals surface area contributed by atoms with Crippen LogP contribution in [0.15, 0.2) is 24.3 Å². The van der Waals surface area contributed by atoms with Crippen LogP contribution < -0.4 is 5.32 Å². The predicted octanol–water partition coefficient (Wildman–Crippen LogP) is 3.33. The van der Waals surface area contributed by atoms with E-state index < -0.39 is 0 Å². The van der Waals surface area contributed by atoms with Crippen molar-refractivity contribution in [3.8, 4) is 0 Å². The number of rotatable bonds is 4. The van der Waals surface area contributed by atoms with Gasteiger partial charge in [0.25, 0.3) is 0 Å². The van der Waals surface area contributed by atoms with E-state index >= 15 is 0 Å². The molecule has 4 heteroatoms. The van der Waals surface area contributed by atoms with Crippen LogP contribution in [0, 0.1) is 13.8 Å². The van der Waals surface area contributed by atoms with E-state index in [1.807, 2.05) is 32.0 Å². The highest BCUT2D eigenvalue weighted by atomic mass is 16.1. The van der Waals surface area contributed by atoms with Crippen molar-refractivity contribution in [3.63, 3.8) is 0 Å². The Balaban J connectivity index is 2.13. The highest BCUT2D eigenvalue weighted by Gasteiger charge is 2.13. The first-order valence-electron chi connectivity index (χ1n) is 6.88. The Labute approximate surface area is 119 Å². The maximum absolute atomic E-state index is 12.2. The van der Waals surface area contributed by atoms with Gasteiger partial charge < -0.3 is 5.32 Å². The first-order chi connectivity index (χ1) is 9.49. The molecule has 1 aromatic heterocycles. The third kappa shape index (κ3) is 3.07. The Morgan fingerprint density at radius 3 is 2.60 bits per heavy atom. The van der Waals surface area contributed by atoms with Crippen LogP contribution in [0.3, 0.4) is 0 Å². The average molecular weight is 271 g/mol. The van der Waals surface area contributed by atoms with Gasteiger partial charge in [-0.25, -0.2) is 0 Å². The van der Waals surface area contributed by atoms with Crippen molar-refractivity contribution in [2.75, 3.05) is 5.32 Å². The number of anilines is 1. The van der Waals surface area contributed by atoms with Crippen LogP contribution in [-0.4, -0.2) is 16.1 Å². The van der Waals surface area contributed by atoms with Gasteiger partial charge >= 0.3 is 0 Å². The average Bonchev–Trinajstić information content (AvgIpc) is 2.71. The van der Waals surface area contributed by atoms with Crippen LogP contribution in [0.2, 0.25) is 0 Å². The molecule has 0 atom stereocenters. The van der Waals surface area contributed by atoms with E-state index in [-0.39, 0.29) is 5.91 Å². The molecule has 0 aliphatic rings. The van der Waals surface area contributed by atoms with Gasteiger partial charge in [-0.2, -0.15) is 5.10 Å².